The van der Waals surface area contributed by atoms with Gasteiger partial charge in [0.2, 0.25) is 0 Å². The highest BCUT2D eigenvalue weighted by Crippen LogP contribution is 2.19. The standard InChI is InChI=1S/C9H18B2N4/c1-10-13(3)8-15(11(2)14(10)4)9-6-5-7-12-9/h5-7,12H,8H2,1-4H3. The molecule has 2 rings (SSSR count). The molecule has 4 nitrogen and oxygen atoms in total. The van der Waals surface area contributed by atoms with Crippen LogP contribution in [0, 0.1) is 0 Å². The van der Waals surface area contributed by atoms with Crippen molar-refractivity contribution in [3.63, 3.8) is 0 Å². The number of anilines is 1. The van der Waals surface area contributed by atoms with Crippen LogP contribution in [0.3, 0.4) is 0 Å². The fourth-order valence-electron chi connectivity index (χ4n) is 2.10. The van der Waals surface area contributed by atoms with Crippen molar-refractivity contribution >= 4 is 19.8 Å². The first-order valence-corrected chi connectivity index (χ1v) is 5.43. The quantitative estimate of drug-likeness (QED) is 0.687. The molecule has 1 fully saturated rings. The topological polar surface area (TPSA) is 25.5 Å². The Labute approximate surface area is 92.5 Å². The zero-order valence-corrected chi connectivity index (χ0v) is 9.94. The molecule has 1 aliphatic heterocycles. The molecule has 0 bridgehead atoms. The fourth-order valence-corrected chi connectivity index (χ4v) is 2.10. The van der Waals surface area contributed by atoms with Gasteiger partial charge in [-0.05, 0) is 26.2 Å². The first-order valence-electron chi connectivity index (χ1n) is 5.43. The van der Waals surface area contributed by atoms with Crippen molar-refractivity contribution in [2.45, 2.75) is 13.6 Å². The summed E-state index contributed by atoms with van der Waals surface area (Å²) in [5.74, 6) is 1.19. The van der Waals surface area contributed by atoms with Crippen LogP contribution in [0.15, 0.2) is 18.3 Å². The molecule has 0 aliphatic carbocycles. The molecule has 15 heavy (non-hydrogen) atoms. The molecule has 1 saturated heterocycles. The number of nitrogens with one attached hydrogen (secondary N) is 1. The van der Waals surface area contributed by atoms with E-state index in [1.54, 1.807) is 0 Å². The highest BCUT2D eigenvalue weighted by molar-refractivity contribution is 6.73. The van der Waals surface area contributed by atoms with Crippen molar-refractivity contribution in [3.05, 3.63) is 18.3 Å². The van der Waals surface area contributed by atoms with Crippen LogP contribution in [0.25, 0.3) is 0 Å². The summed E-state index contributed by atoms with van der Waals surface area (Å²) in [5, 5.41) is 0. The molecule has 0 radical (unpaired) electrons. The van der Waals surface area contributed by atoms with Gasteiger partial charge in [0, 0.05) is 6.20 Å². The second-order valence-corrected chi connectivity index (χ2v) is 4.35. The third-order valence-corrected chi connectivity index (χ3v) is 3.53. The summed E-state index contributed by atoms with van der Waals surface area (Å²) in [5.41, 5.74) is 0. The van der Waals surface area contributed by atoms with Crippen LogP contribution in [0.1, 0.15) is 0 Å². The molecule has 1 aromatic rings. The fraction of sp³-hybridized carbons (Fsp3) is 0.556. The number of aromatic nitrogens is 1. The number of nitrogens with zero attached hydrogens (tertiary/aromatic N) is 3. The van der Waals surface area contributed by atoms with Crippen LogP contribution in [-0.4, -0.2) is 49.2 Å². The van der Waals surface area contributed by atoms with Crippen molar-refractivity contribution in [1.29, 1.82) is 0 Å². The Balaban J connectivity index is 2.20. The zero-order valence-electron chi connectivity index (χ0n) is 9.94. The summed E-state index contributed by atoms with van der Waals surface area (Å²) in [6, 6.07) is 4.16. The summed E-state index contributed by atoms with van der Waals surface area (Å²) in [7, 11) is 4.32. The maximum atomic E-state index is 3.27. The number of hydrogen-bond acceptors (Lipinski definition) is 3. The number of hydrogen-bond donors (Lipinski definition) is 1. The molecular formula is C9H18B2N4. The van der Waals surface area contributed by atoms with E-state index < -0.39 is 0 Å². The monoisotopic (exact) mass is 204 g/mol. The second-order valence-electron chi connectivity index (χ2n) is 4.35. The van der Waals surface area contributed by atoms with E-state index in [0.717, 1.165) is 6.67 Å². The number of H-pyrrole nitrogens is 1. The molecule has 1 N–H and O–H groups in total. The Morgan fingerprint density at radius 1 is 1.27 bits per heavy atom. The second kappa shape index (κ2) is 3.94. The first kappa shape index (κ1) is 10.6. The van der Waals surface area contributed by atoms with E-state index in [0.29, 0.717) is 14.0 Å². The van der Waals surface area contributed by atoms with Gasteiger partial charge in [-0.15, -0.1) is 0 Å². The van der Waals surface area contributed by atoms with E-state index in [-0.39, 0.29) is 0 Å². The first-order chi connectivity index (χ1) is 7.11. The van der Waals surface area contributed by atoms with Gasteiger partial charge < -0.3 is 19.3 Å². The van der Waals surface area contributed by atoms with Crippen LogP contribution >= 0.6 is 0 Å². The molecule has 6 heteroatoms. The molecule has 80 valence electrons. The van der Waals surface area contributed by atoms with Crippen molar-refractivity contribution in [2.75, 3.05) is 25.6 Å². The van der Waals surface area contributed by atoms with E-state index in [2.05, 4.69) is 53.1 Å². The molecule has 0 aromatic carbocycles. The van der Waals surface area contributed by atoms with Crippen molar-refractivity contribution in [1.82, 2.24) is 14.5 Å². The Morgan fingerprint density at radius 2 is 2.00 bits per heavy atom. The van der Waals surface area contributed by atoms with Gasteiger partial charge in [0.25, 0.3) is 6.98 Å². The zero-order chi connectivity index (χ0) is 11.0. The minimum atomic E-state index is 0.426. The van der Waals surface area contributed by atoms with Crippen LogP contribution < -0.4 is 4.81 Å². The molecule has 0 amide bonds. The van der Waals surface area contributed by atoms with Gasteiger partial charge in [0.15, 0.2) is 0 Å². The van der Waals surface area contributed by atoms with Gasteiger partial charge in [-0.25, -0.2) is 0 Å². The maximum absolute atomic E-state index is 3.27. The largest absolute Gasteiger partial charge is 0.376 e. The smallest absolute Gasteiger partial charge is 0.331 e. The van der Waals surface area contributed by atoms with Crippen molar-refractivity contribution in [2.24, 2.45) is 0 Å². The van der Waals surface area contributed by atoms with Gasteiger partial charge in [-0.2, -0.15) is 0 Å². The lowest BCUT2D eigenvalue weighted by Gasteiger charge is -2.46. The lowest BCUT2D eigenvalue weighted by Crippen LogP contribution is -2.67. The third-order valence-electron chi connectivity index (χ3n) is 3.53. The average Bonchev–Trinajstić information content (AvgIpc) is 2.73. The Kier molecular flexibility index (Phi) is 2.80. The summed E-state index contributed by atoms with van der Waals surface area (Å²) >= 11 is 0. The summed E-state index contributed by atoms with van der Waals surface area (Å²) < 4.78 is 2.37. The highest BCUT2D eigenvalue weighted by atomic mass is 15.4. The Hall–Kier alpha value is -0.870. The summed E-state index contributed by atoms with van der Waals surface area (Å²) in [4.78, 5) is 7.96. The van der Waals surface area contributed by atoms with Crippen molar-refractivity contribution < 1.29 is 0 Å². The molecule has 0 unspecified atom stereocenters. The van der Waals surface area contributed by atoms with E-state index in [9.17, 15) is 0 Å². The minimum absolute atomic E-state index is 0.426. The maximum Gasteiger partial charge on any atom is 0.331 e. The van der Waals surface area contributed by atoms with E-state index in [1.807, 2.05) is 12.3 Å². The van der Waals surface area contributed by atoms with E-state index >= 15 is 0 Å². The normalized spacial score (nSPS) is 20.1. The van der Waals surface area contributed by atoms with Crippen LogP contribution in [0.5, 0.6) is 0 Å². The number of rotatable bonds is 1. The Morgan fingerprint density at radius 3 is 2.60 bits per heavy atom. The molecule has 0 saturated carbocycles. The highest BCUT2D eigenvalue weighted by Gasteiger charge is 2.37. The van der Waals surface area contributed by atoms with Crippen molar-refractivity contribution in [3.8, 4) is 0 Å². The third kappa shape index (κ3) is 1.79. The summed E-state index contributed by atoms with van der Waals surface area (Å²) in [6.07, 6.45) is 1.97. The molecular weight excluding hydrogens is 186 g/mol. The van der Waals surface area contributed by atoms with Crippen LogP contribution in [0.2, 0.25) is 13.6 Å². The van der Waals surface area contributed by atoms with Gasteiger partial charge in [0.05, 0.1) is 12.5 Å². The molecule has 0 spiro atoms. The molecule has 0 atom stereocenters. The van der Waals surface area contributed by atoms with Crippen LogP contribution in [-0.2, 0) is 0 Å². The molecule has 1 aliphatic rings. The lowest BCUT2D eigenvalue weighted by atomic mass is 9.58. The molecule has 2 heterocycles. The average molecular weight is 204 g/mol. The predicted octanol–water partition coefficient (Wildman–Crippen LogP) is 0.892. The van der Waals surface area contributed by atoms with Gasteiger partial charge in [0.1, 0.15) is 0 Å². The summed E-state index contributed by atoms with van der Waals surface area (Å²) in [6.45, 7) is 6.36. The SMILES string of the molecule is CB1N(C)CN(c2ccc[nH]2)B(C)N1C. The number of aromatic amines is 1. The van der Waals surface area contributed by atoms with Gasteiger partial charge in [-0.1, -0.05) is 13.6 Å². The van der Waals surface area contributed by atoms with Gasteiger partial charge in [-0.3, -0.25) is 0 Å². The van der Waals surface area contributed by atoms with E-state index in [4.69, 9.17) is 0 Å². The minimum Gasteiger partial charge on any atom is -0.376 e. The predicted molar refractivity (Wildman–Crippen MR) is 66.9 cm³/mol. The van der Waals surface area contributed by atoms with Crippen LogP contribution in [0.4, 0.5) is 5.82 Å². The van der Waals surface area contributed by atoms with E-state index in [1.165, 1.54) is 5.82 Å². The lowest BCUT2D eigenvalue weighted by molar-refractivity contribution is 0.467. The van der Waals surface area contributed by atoms with Gasteiger partial charge >= 0.3 is 6.98 Å². The Bertz CT molecular complexity index is 316. The molecule has 1 aromatic heterocycles.